The van der Waals surface area contributed by atoms with Gasteiger partial charge in [0.1, 0.15) is 5.75 Å². The van der Waals surface area contributed by atoms with Crippen molar-refractivity contribution in [2.24, 2.45) is 5.14 Å². The average Bonchev–Trinajstić information content (AvgIpc) is 3.04. The second kappa shape index (κ2) is 7.18. The van der Waals surface area contributed by atoms with Crippen molar-refractivity contribution in [1.29, 1.82) is 0 Å². The monoisotopic (exact) mass is 478 g/mol. The van der Waals surface area contributed by atoms with Crippen molar-refractivity contribution in [2.75, 3.05) is 19.0 Å². The Morgan fingerprint density at radius 1 is 1.21 bits per heavy atom. The molecule has 0 radical (unpaired) electrons. The predicted molar refractivity (Wildman–Crippen MR) is 118 cm³/mol. The van der Waals surface area contributed by atoms with Gasteiger partial charge in [0.25, 0.3) is 0 Å². The lowest BCUT2D eigenvalue weighted by Gasteiger charge is -2.31. The van der Waals surface area contributed by atoms with Gasteiger partial charge in [-0.2, -0.15) is 0 Å². The Labute approximate surface area is 176 Å². The quantitative estimate of drug-likeness (QED) is 0.598. The molecule has 1 atom stereocenters. The van der Waals surface area contributed by atoms with Crippen molar-refractivity contribution >= 4 is 43.0 Å². The lowest BCUT2D eigenvalue weighted by Crippen LogP contribution is -2.19. The van der Waals surface area contributed by atoms with Crippen molar-refractivity contribution in [3.63, 3.8) is 0 Å². The standard InChI is InChI=1S/C20H19BrN2O3S2/c1-23(2)16-4-3-5-17-18(16)13-7-6-12(11-28(22,24)25)10-14(13)19(26-17)20-15(21)8-9-27-20/h3-10,19H,11H2,1-2H3,(H2,22,24,25). The normalized spacial score (nSPS) is 15.5. The molecule has 2 heterocycles. The number of ether oxygens (including phenoxy) is 1. The fourth-order valence-corrected chi connectivity index (χ4v) is 5.79. The second-order valence-electron chi connectivity index (χ2n) is 6.90. The van der Waals surface area contributed by atoms with E-state index >= 15 is 0 Å². The molecule has 1 aromatic heterocycles. The van der Waals surface area contributed by atoms with Gasteiger partial charge in [-0.05, 0) is 50.6 Å². The van der Waals surface area contributed by atoms with E-state index in [-0.39, 0.29) is 11.9 Å². The molecule has 2 N–H and O–H groups in total. The van der Waals surface area contributed by atoms with Gasteiger partial charge in [-0.3, -0.25) is 0 Å². The van der Waals surface area contributed by atoms with E-state index in [4.69, 9.17) is 9.88 Å². The number of rotatable bonds is 4. The number of nitrogens with zero attached hydrogens (tertiary/aromatic N) is 1. The van der Waals surface area contributed by atoms with Crippen molar-refractivity contribution in [3.05, 3.63) is 68.3 Å². The van der Waals surface area contributed by atoms with Crippen molar-refractivity contribution < 1.29 is 13.2 Å². The highest BCUT2D eigenvalue weighted by Gasteiger charge is 2.31. The van der Waals surface area contributed by atoms with Crippen LogP contribution in [-0.2, 0) is 15.8 Å². The first kappa shape index (κ1) is 19.4. The number of sulfonamides is 1. The van der Waals surface area contributed by atoms with E-state index in [2.05, 4.69) is 15.9 Å². The first-order chi connectivity index (χ1) is 13.2. The van der Waals surface area contributed by atoms with Crippen LogP contribution in [0.15, 0.2) is 52.3 Å². The van der Waals surface area contributed by atoms with Crippen LogP contribution in [0.4, 0.5) is 5.69 Å². The number of nitrogens with two attached hydrogens (primary N) is 1. The van der Waals surface area contributed by atoms with Crippen LogP contribution >= 0.6 is 27.3 Å². The van der Waals surface area contributed by atoms with Gasteiger partial charge in [-0.25, -0.2) is 13.6 Å². The number of anilines is 1. The van der Waals surface area contributed by atoms with E-state index in [9.17, 15) is 8.42 Å². The smallest absolute Gasteiger partial charge is 0.213 e. The third-order valence-electron chi connectivity index (χ3n) is 4.65. The molecular weight excluding hydrogens is 460 g/mol. The van der Waals surface area contributed by atoms with Crippen LogP contribution in [-0.4, -0.2) is 22.5 Å². The summed E-state index contributed by atoms with van der Waals surface area (Å²) in [5, 5.41) is 7.27. The molecule has 0 saturated carbocycles. The molecule has 1 aliphatic heterocycles. The first-order valence-corrected chi connectivity index (χ1v) is 12.0. The summed E-state index contributed by atoms with van der Waals surface area (Å²) >= 11 is 5.20. The molecule has 1 aliphatic rings. The average molecular weight is 479 g/mol. The molecule has 1 unspecified atom stereocenters. The molecule has 28 heavy (non-hydrogen) atoms. The molecule has 2 aromatic carbocycles. The lowest BCUT2D eigenvalue weighted by atomic mass is 9.89. The van der Waals surface area contributed by atoms with Crippen LogP contribution in [0.5, 0.6) is 5.75 Å². The number of halogens is 1. The van der Waals surface area contributed by atoms with Crippen molar-refractivity contribution in [2.45, 2.75) is 11.9 Å². The summed E-state index contributed by atoms with van der Waals surface area (Å²) in [6.45, 7) is 0. The maximum atomic E-state index is 11.6. The molecule has 0 bridgehead atoms. The summed E-state index contributed by atoms with van der Waals surface area (Å²) in [6, 6.07) is 13.7. The Hall–Kier alpha value is -1.87. The molecule has 0 aliphatic carbocycles. The van der Waals surface area contributed by atoms with E-state index in [1.54, 1.807) is 11.3 Å². The molecule has 5 nitrogen and oxygen atoms in total. The topological polar surface area (TPSA) is 72.6 Å². The maximum Gasteiger partial charge on any atom is 0.213 e. The number of benzene rings is 2. The summed E-state index contributed by atoms with van der Waals surface area (Å²) in [7, 11) is 0.364. The van der Waals surface area contributed by atoms with Gasteiger partial charge in [0.15, 0.2) is 6.10 Å². The van der Waals surface area contributed by atoms with Crippen LogP contribution < -0.4 is 14.8 Å². The summed E-state index contributed by atoms with van der Waals surface area (Å²) < 4.78 is 30.6. The highest BCUT2D eigenvalue weighted by atomic mass is 79.9. The molecule has 4 rings (SSSR count). The van der Waals surface area contributed by atoms with Crippen LogP contribution in [0.2, 0.25) is 0 Å². The van der Waals surface area contributed by atoms with Gasteiger partial charge in [-0.1, -0.05) is 24.3 Å². The summed E-state index contributed by atoms with van der Waals surface area (Å²) in [6.07, 6.45) is -0.324. The van der Waals surface area contributed by atoms with Crippen LogP contribution in [0, 0.1) is 0 Å². The molecule has 146 valence electrons. The summed E-state index contributed by atoms with van der Waals surface area (Å²) in [5.41, 5.74) is 4.67. The largest absolute Gasteiger partial charge is 0.479 e. The zero-order valence-corrected chi connectivity index (χ0v) is 18.6. The van der Waals surface area contributed by atoms with E-state index in [1.165, 1.54) is 0 Å². The van der Waals surface area contributed by atoms with E-state index in [1.807, 2.05) is 66.8 Å². The number of thiophene rings is 1. The van der Waals surface area contributed by atoms with Crippen LogP contribution in [0.25, 0.3) is 11.1 Å². The van der Waals surface area contributed by atoms with Gasteiger partial charge < -0.3 is 9.64 Å². The van der Waals surface area contributed by atoms with Crippen molar-refractivity contribution in [3.8, 4) is 16.9 Å². The Balaban J connectivity index is 1.95. The van der Waals surface area contributed by atoms with Gasteiger partial charge >= 0.3 is 0 Å². The summed E-state index contributed by atoms with van der Waals surface area (Å²) in [5.74, 6) is 0.601. The zero-order valence-electron chi connectivity index (χ0n) is 15.3. The Kier molecular flexibility index (Phi) is 4.99. The first-order valence-electron chi connectivity index (χ1n) is 8.58. The molecule has 0 amide bonds. The van der Waals surface area contributed by atoms with E-state index < -0.39 is 10.0 Å². The highest BCUT2D eigenvalue weighted by Crippen LogP contribution is 2.50. The molecule has 8 heteroatoms. The minimum atomic E-state index is -3.62. The molecular formula is C20H19BrN2O3S2. The van der Waals surface area contributed by atoms with E-state index in [0.29, 0.717) is 5.56 Å². The maximum absolute atomic E-state index is 11.6. The Bertz CT molecular complexity index is 1160. The molecule has 3 aromatic rings. The van der Waals surface area contributed by atoms with Gasteiger partial charge in [0, 0.05) is 35.4 Å². The number of hydrogen-bond donors (Lipinski definition) is 1. The number of hydrogen-bond acceptors (Lipinski definition) is 5. The van der Waals surface area contributed by atoms with Gasteiger partial charge in [0.2, 0.25) is 10.0 Å². The molecule has 0 spiro atoms. The second-order valence-corrected chi connectivity index (χ2v) is 10.3. The van der Waals surface area contributed by atoms with Crippen LogP contribution in [0.3, 0.4) is 0 Å². The van der Waals surface area contributed by atoms with Crippen molar-refractivity contribution in [1.82, 2.24) is 0 Å². The predicted octanol–water partition coefficient (Wildman–Crippen LogP) is 4.51. The van der Waals surface area contributed by atoms with E-state index in [0.717, 1.165) is 37.5 Å². The Morgan fingerprint density at radius 3 is 2.64 bits per heavy atom. The summed E-state index contributed by atoms with van der Waals surface area (Å²) in [4.78, 5) is 3.08. The number of primary sulfonamides is 1. The minimum Gasteiger partial charge on any atom is -0.479 e. The number of fused-ring (bicyclic) bond motifs is 3. The van der Waals surface area contributed by atoms with Gasteiger partial charge in [-0.15, -0.1) is 11.3 Å². The highest BCUT2D eigenvalue weighted by molar-refractivity contribution is 9.10. The Morgan fingerprint density at radius 2 is 2.00 bits per heavy atom. The fourth-order valence-electron chi connectivity index (χ4n) is 3.52. The van der Waals surface area contributed by atoms with Crippen LogP contribution in [0.1, 0.15) is 22.1 Å². The lowest BCUT2D eigenvalue weighted by molar-refractivity contribution is 0.246. The SMILES string of the molecule is CN(C)c1cccc2c1-c1ccc(CS(N)(=O)=O)cc1C(c1sccc1Br)O2. The van der Waals surface area contributed by atoms with Gasteiger partial charge in [0.05, 0.1) is 10.6 Å². The molecule has 0 fully saturated rings. The molecule has 0 saturated heterocycles. The third-order valence-corrected chi connectivity index (χ3v) is 7.30. The minimum absolute atomic E-state index is 0.208. The fraction of sp³-hybridized carbons (Fsp3) is 0.200. The third kappa shape index (κ3) is 3.57. The zero-order chi connectivity index (χ0) is 20.1.